The maximum Gasteiger partial charge on any atom is 0.411 e. The number of benzene rings is 2. The summed E-state index contributed by atoms with van der Waals surface area (Å²) in [5.41, 5.74) is 1.35. The summed E-state index contributed by atoms with van der Waals surface area (Å²) in [6, 6.07) is 11.8. The summed E-state index contributed by atoms with van der Waals surface area (Å²) in [4.78, 5) is 29.2. The molecule has 0 unspecified atom stereocenters. The smallest absolute Gasteiger partial charge is 0.411 e. The van der Waals surface area contributed by atoms with Gasteiger partial charge in [-0.25, -0.2) is 27.7 Å². The van der Waals surface area contributed by atoms with Crippen LogP contribution in [0.2, 0.25) is 0 Å². The second-order valence-electron chi connectivity index (χ2n) is 10.3. The molecular weight excluding hydrogens is 540 g/mol. The fourth-order valence-electron chi connectivity index (χ4n) is 3.43. The summed E-state index contributed by atoms with van der Waals surface area (Å²) < 4.78 is 39.7. The largest absolute Gasteiger partial charge is 0.447 e. The van der Waals surface area contributed by atoms with Gasteiger partial charge >= 0.3 is 12.2 Å². The Kier molecular flexibility index (Phi) is 9.36. The predicted octanol–water partition coefficient (Wildman–Crippen LogP) is 6.47. The normalized spacial score (nSPS) is 11.9. The number of aromatic nitrogens is 1. The number of hydrogen-bond acceptors (Lipinski definition) is 8. The molecule has 0 aliphatic carbocycles. The Morgan fingerprint density at radius 1 is 0.872 bits per heavy atom. The Labute approximate surface area is 233 Å². The summed E-state index contributed by atoms with van der Waals surface area (Å²) in [6.45, 7) is 12.2. The molecular formula is C27H34N4O6S2. The Hall–Kier alpha value is -3.48. The van der Waals surface area contributed by atoms with Crippen LogP contribution in [0.5, 0.6) is 0 Å². The number of rotatable bonds is 8. The van der Waals surface area contributed by atoms with Crippen LogP contribution in [0, 0.1) is 0 Å². The molecule has 0 spiro atoms. The van der Waals surface area contributed by atoms with E-state index in [0.717, 1.165) is 10.4 Å². The van der Waals surface area contributed by atoms with Gasteiger partial charge in [0, 0.05) is 28.7 Å². The third kappa shape index (κ3) is 8.77. The van der Waals surface area contributed by atoms with E-state index >= 15 is 0 Å². The number of carbonyl (C=O) groups excluding carboxylic acids is 2. The van der Waals surface area contributed by atoms with Crippen LogP contribution in [0.4, 0.5) is 21.0 Å². The zero-order chi connectivity index (χ0) is 29.0. The molecule has 0 bridgehead atoms. The second kappa shape index (κ2) is 12.1. The van der Waals surface area contributed by atoms with Crippen LogP contribution in [-0.2, 0) is 19.5 Å². The van der Waals surface area contributed by atoms with E-state index in [1.165, 1.54) is 17.4 Å². The molecule has 2 aromatic carbocycles. The first kappa shape index (κ1) is 30.1. The van der Waals surface area contributed by atoms with Gasteiger partial charge in [0.2, 0.25) is 10.0 Å². The Balaban J connectivity index is 1.94. The zero-order valence-corrected chi connectivity index (χ0v) is 24.6. The number of nitrogens with zero attached hydrogens (tertiary/aromatic N) is 1. The highest BCUT2D eigenvalue weighted by Gasteiger charge is 2.27. The average Bonchev–Trinajstić information content (AvgIpc) is 3.27. The van der Waals surface area contributed by atoms with E-state index in [1.54, 1.807) is 78.9 Å². The number of anilines is 2. The average molecular weight is 575 g/mol. The summed E-state index contributed by atoms with van der Waals surface area (Å²) in [6.07, 6.45) is -0.120. The van der Waals surface area contributed by atoms with Crippen LogP contribution >= 0.6 is 11.3 Å². The topological polar surface area (TPSA) is 136 Å². The van der Waals surface area contributed by atoms with Crippen molar-refractivity contribution >= 4 is 44.9 Å². The van der Waals surface area contributed by atoms with Crippen molar-refractivity contribution in [2.75, 3.05) is 10.6 Å². The van der Waals surface area contributed by atoms with Crippen molar-refractivity contribution in [3.05, 3.63) is 48.7 Å². The van der Waals surface area contributed by atoms with Gasteiger partial charge in [0.25, 0.3) is 0 Å². The third-order valence-electron chi connectivity index (χ3n) is 4.80. The van der Waals surface area contributed by atoms with Crippen molar-refractivity contribution in [2.24, 2.45) is 0 Å². The van der Waals surface area contributed by atoms with Gasteiger partial charge in [0.05, 0.1) is 22.0 Å². The van der Waals surface area contributed by atoms with Crippen LogP contribution < -0.4 is 15.4 Å². The monoisotopic (exact) mass is 574 g/mol. The number of carbonyl (C=O) groups is 2. The third-order valence-corrected chi connectivity index (χ3v) is 7.67. The predicted molar refractivity (Wildman–Crippen MR) is 154 cm³/mol. The summed E-state index contributed by atoms with van der Waals surface area (Å²) >= 11 is 1.32. The maximum absolute atomic E-state index is 13.4. The lowest BCUT2D eigenvalue weighted by Gasteiger charge is -2.22. The van der Waals surface area contributed by atoms with Crippen LogP contribution in [0.1, 0.15) is 48.5 Å². The van der Waals surface area contributed by atoms with Crippen molar-refractivity contribution < 1.29 is 27.5 Å². The molecule has 10 nitrogen and oxygen atoms in total. The number of hydrogen-bond donors (Lipinski definition) is 3. The quantitative estimate of drug-likeness (QED) is 0.281. The zero-order valence-electron chi connectivity index (χ0n) is 23.0. The molecule has 3 N–H and O–H groups in total. The highest BCUT2D eigenvalue weighted by molar-refractivity contribution is 7.89. The lowest BCUT2D eigenvalue weighted by atomic mass is 10.1. The van der Waals surface area contributed by atoms with Crippen molar-refractivity contribution in [1.82, 2.24) is 9.71 Å². The van der Waals surface area contributed by atoms with Crippen molar-refractivity contribution in [3.8, 4) is 21.0 Å². The first-order valence-corrected chi connectivity index (χ1v) is 14.6. The highest BCUT2D eigenvalue weighted by atomic mass is 32.2. The standard InChI is InChI=1S/C27H34N4O6S2/c1-16(2)36-25(32)29-19-10-8-18(9-11-19)22-15-28-24(38-22)21-13-12-20(30-26(33)37-17(3)4)14-23(21)39(34,35)31-27(5,6)7/h8-17,31H,1-7H3,(H,29,32)(H,30,33). The van der Waals surface area contributed by atoms with Crippen molar-refractivity contribution in [3.63, 3.8) is 0 Å². The van der Waals surface area contributed by atoms with E-state index in [2.05, 4.69) is 20.3 Å². The molecule has 210 valence electrons. The fraction of sp³-hybridized carbons (Fsp3) is 0.370. The first-order valence-electron chi connectivity index (χ1n) is 12.3. The molecule has 0 aliphatic heterocycles. The van der Waals surface area contributed by atoms with Crippen LogP contribution in [0.15, 0.2) is 53.6 Å². The van der Waals surface area contributed by atoms with Gasteiger partial charge in [-0.15, -0.1) is 11.3 Å². The minimum atomic E-state index is -3.99. The lowest BCUT2D eigenvalue weighted by molar-refractivity contribution is 0.129. The van der Waals surface area contributed by atoms with Gasteiger partial charge in [-0.05, 0) is 84.4 Å². The molecule has 3 aromatic rings. The molecule has 0 fully saturated rings. The van der Waals surface area contributed by atoms with E-state index in [4.69, 9.17) is 9.47 Å². The van der Waals surface area contributed by atoms with E-state index in [9.17, 15) is 18.0 Å². The Morgan fingerprint density at radius 3 is 1.95 bits per heavy atom. The highest BCUT2D eigenvalue weighted by Crippen LogP contribution is 2.37. The molecule has 3 rings (SSSR count). The molecule has 0 atom stereocenters. The molecule has 0 saturated heterocycles. The molecule has 1 heterocycles. The van der Waals surface area contributed by atoms with Crippen molar-refractivity contribution in [1.29, 1.82) is 0 Å². The molecule has 1 aromatic heterocycles. The fourth-order valence-corrected chi connectivity index (χ4v) is 6.11. The number of sulfonamides is 1. The minimum absolute atomic E-state index is 0.0242. The first-order chi connectivity index (χ1) is 18.1. The van der Waals surface area contributed by atoms with Gasteiger partial charge in [-0.1, -0.05) is 12.1 Å². The number of thiazole rings is 1. The molecule has 0 saturated carbocycles. The van der Waals surface area contributed by atoms with Gasteiger partial charge in [-0.3, -0.25) is 10.6 Å². The van der Waals surface area contributed by atoms with Crippen LogP contribution in [0.25, 0.3) is 21.0 Å². The van der Waals surface area contributed by atoms with Crippen LogP contribution in [0.3, 0.4) is 0 Å². The van der Waals surface area contributed by atoms with Crippen LogP contribution in [-0.4, -0.2) is 43.3 Å². The van der Waals surface area contributed by atoms with Gasteiger partial charge in [0.1, 0.15) is 5.01 Å². The van der Waals surface area contributed by atoms with Gasteiger partial charge in [-0.2, -0.15) is 0 Å². The molecule has 0 aliphatic rings. The Bertz CT molecular complexity index is 1430. The van der Waals surface area contributed by atoms with Crippen molar-refractivity contribution in [2.45, 2.75) is 71.1 Å². The SMILES string of the molecule is CC(C)OC(=O)Nc1ccc(-c2cnc(-c3ccc(NC(=O)OC(C)C)cc3S(=O)(=O)NC(C)(C)C)s2)cc1. The summed E-state index contributed by atoms with van der Waals surface area (Å²) in [5.74, 6) is 0. The van der Waals surface area contributed by atoms with Gasteiger partial charge in [0.15, 0.2) is 0 Å². The van der Waals surface area contributed by atoms with Gasteiger partial charge < -0.3 is 9.47 Å². The number of nitrogens with one attached hydrogen (secondary N) is 3. The summed E-state index contributed by atoms with van der Waals surface area (Å²) in [5, 5.41) is 5.73. The van der Waals surface area contributed by atoms with E-state index < -0.39 is 27.7 Å². The maximum atomic E-state index is 13.4. The van der Waals surface area contributed by atoms with E-state index in [0.29, 0.717) is 16.3 Å². The molecule has 2 amide bonds. The molecule has 0 radical (unpaired) electrons. The molecule has 12 heteroatoms. The lowest BCUT2D eigenvalue weighted by Crippen LogP contribution is -2.40. The minimum Gasteiger partial charge on any atom is -0.447 e. The number of amides is 2. The Morgan fingerprint density at radius 2 is 1.41 bits per heavy atom. The molecule has 39 heavy (non-hydrogen) atoms. The van der Waals surface area contributed by atoms with E-state index in [-0.39, 0.29) is 22.8 Å². The summed E-state index contributed by atoms with van der Waals surface area (Å²) in [7, 11) is -3.99. The number of ether oxygens (including phenoxy) is 2. The van der Waals surface area contributed by atoms with E-state index in [1.807, 2.05) is 12.1 Å². The second-order valence-corrected chi connectivity index (χ2v) is 13.0.